The quantitative estimate of drug-likeness (QED) is 0.451. The van der Waals surface area contributed by atoms with Crippen LogP contribution in [0.15, 0.2) is 63.7 Å². The second kappa shape index (κ2) is 11.1. The van der Waals surface area contributed by atoms with Crippen LogP contribution in [-0.2, 0) is 9.53 Å². The average molecular weight is 474 g/mol. The molecule has 8 heteroatoms. The van der Waals surface area contributed by atoms with Gasteiger partial charge in [0.25, 0.3) is 0 Å². The fourth-order valence-electron chi connectivity index (χ4n) is 2.96. The molecule has 2 aromatic rings. The van der Waals surface area contributed by atoms with Crippen LogP contribution in [0.1, 0.15) is 26.3 Å². The van der Waals surface area contributed by atoms with Gasteiger partial charge >= 0.3 is 5.97 Å². The van der Waals surface area contributed by atoms with Gasteiger partial charge in [0.05, 0.1) is 35.4 Å². The van der Waals surface area contributed by atoms with Crippen LogP contribution in [0, 0.1) is 0 Å². The third kappa shape index (κ3) is 5.47. The second-order valence-electron chi connectivity index (χ2n) is 6.49. The molecule has 0 radical (unpaired) electrons. The van der Waals surface area contributed by atoms with Gasteiger partial charge in [-0.3, -0.25) is 0 Å². The molecule has 0 spiro atoms. The summed E-state index contributed by atoms with van der Waals surface area (Å²) in [4.78, 5) is 17.5. The highest BCUT2D eigenvalue weighted by atomic mass is 35.5. The third-order valence-electron chi connectivity index (χ3n) is 4.31. The van der Waals surface area contributed by atoms with Crippen molar-refractivity contribution in [3.8, 4) is 11.5 Å². The molecule has 0 fully saturated rings. The van der Waals surface area contributed by atoms with E-state index in [1.807, 2.05) is 44.2 Å². The summed E-state index contributed by atoms with van der Waals surface area (Å²) in [5, 5.41) is 11.7. The van der Waals surface area contributed by atoms with Crippen molar-refractivity contribution in [3.63, 3.8) is 0 Å². The van der Waals surface area contributed by atoms with Crippen molar-refractivity contribution >= 4 is 46.1 Å². The van der Waals surface area contributed by atoms with Crippen LogP contribution >= 0.6 is 23.4 Å². The molecule has 1 N–H and O–H groups in total. The summed E-state index contributed by atoms with van der Waals surface area (Å²) >= 11 is 7.54. The van der Waals surface area contributed by atoms with E-state index in [0.29, 0.717) is 50.9 Å². The van der Waals surface area contributed by atoms with Crippen LogP contribution < -0.4 is 9.47 Å². The molecular formula is C24H24ClNO5S. The summed E-state index contributed by atoms with van der Waals surface area (Å²) in [6.45, 7) is 6.53. The van der Waals surface area contributed by atoms with Crippen molar-refractivity contribution in [2.75, 3.05) is 19.8 Å². The number of ether oxygens (including phenoxy) is 3. The van der Waals surface area contributed by atoms with E-state index in [0.717, 1.165) is 0 Å². The van der Waals surface area contributed by atoms with Gasteiger partial charge in [0.15, 0.2) is 0 Å². The number of carbonyl (C=O) groups is 1. The number of hydrogen-bond donors (Lipinski definition) is 1. The van der Waals surface area contributed by atoms with E-state index in [9.17, 15) is 9.90 Å². The van der Waals surface area contributed by atoms with Gasteiger partial charge in [-0.2, -0.15) is 0 Å². The lowest BCUT2D eigenvalue weighted by Crippen LogP contribution is -2.12. The summed E-state index contributed by atoms with van der Waals surface area (Å²) < 4.78 is 16.4. The van der Waals surface area contributed by atoms with E-state index in [4.69, 9.17) is 25.8 Å². The van der Waals surface area contributed by atoms with Crippen LogP contribution in [0.2, 0.25) is 5.02 Å². The molecule has 0 saturated heterocycles. The first-order chi connectivity index (χ1) is 15.5. The fraction of sp³-hybridized carbons (Fsp3) is 0.250. The minimum absolute atomic E-state index is 0.0296. The Morgan fingerprint density at radius 1 is 1.06 bits per heavy atom. The lowest BCUT2D eigenvalue weighted by Gasteiger charge is -2.12. The summed E-state index contributed by atoms with van der Waals surface area (Å²) in [7, 11) is 0. The van der Waals surface area contributed by atoms with Gasteiger partial charge in [0.1, 0.15) is 27.9 Å². The number of hydrogen-bond acceptors (Lipinski definition) is 7. The van der Waals surface area contributed by atoms with Crippen molar-refractivity contribution in [2.45, 2.75) is 20.8 Å². The highest BCUT2D eigenvalue weighted by Gasteiger charge is 2.33. The SMILES string of the molecule is CCOC(=O)C1=C(O)/C(=C/c2cc(Cl)c(OCC)cc2OCC)SC1=Nc1ccccc1. The molecular weight excluding hydrogens is 450 g/mol. The van der Waals surface area contributed by atoms with E-state index >= 15 is 0 Å². The van der Waals surface area contributed by atoms with E-state index in [-0.39, 0.29) is 17.9 Å². The van der Waals surface area contributed by atoms with Crippen molar-refractivity contribution in [3.05, 3.63) is 69.3 Å². The number of para-hydroxylation sites is 1. The maximum absolute atomic E-state index is 12.6. The molecule has 2 aromatic carbocycles. The molecule has 0 bridgehead atoms. The zero-order chi connectivity index (χ0) is 23.1. The number of benzene rings is 2. The topological polar surface area (TPSA) is 77.4 Å². The van der Waals surface area contributed by atoms with Crippen molar-refractivity contribution < 1.29 is 24.1 Å². The van der Waals surface area contributed by atoms with Crippen LogP contribution in [-0.4, -0.2) is 35.9 Å². The molecule has 0 aromatic heterocycles. The Bertz CT molecular complexity index is 1080. The van der Waals surface area contributed by atoms with Gasteiger partial charge in [-0.1, -0.05) is 41.6 Å². The predicted molar refractivity (Wildman–Crippen MR) is 129 cm³/mol. The number of nitrogens with zero attached hydrogens (tertiary/aromatic N) is 1. The van der Waals surface area contributed by atoms with Crippen molar-refractivity contribution in [1.82, 2.24) is 0 Å². The van der Waals surface area contributed by atoms with Crippen LogP contribution in [0.5, 0.6) is 11.5 Å². The Morgan fingerprint density at radius 2 is 1.75 bits per heavy atom. The van der Waals surface area contributed by atoms with Gasteiger partial charge in [-0.05, 0) is 45.0 Å². The Labute approximate surface area is 196 Å². The molecule has 1 aliphatic rings. The Hall–Kier alpha value is -2.90. The summed E-state index contributed by atoms with van der Waals surface area (Å²) in [6, 6.07) is 12.6. The number of halogens is 1. The standard InChI is InChI=1S/C24H24ClNO5S/c1-4-29-18-14-19(30-5-2)17(25)12-15(18)13-20-22(27)21(24(28)31-6-3)23(32-20)26-16-10-8-7-9-11-16/h7-14,27H,4-6H2,1-3H3/b20-13-,26-23?. The van der Waals surface area contributed by atoms with Gasteiger partial charge in [0, 0.05) is 11.6 Å². The molecule has 0 saturated carbocycles. The number of esters is 1. The maximum atomic E-state index is 12.6. The average Bonchev–Trinajstić information content (AvgIpc) is 3.07. The number of aliphatic hydroxyl groups excluding tert-OH is 1. The van der Waals surface area contributed by atoms with Crippen LogP contribution in [0.4, 0.5) is 5.69 Å². The third-order valence-corrected chi connectivity index (χ3v) is 5.62. The first-order valence-corrected chi connectivity index (χ1v) is 11.4. The van der Waals surface area contributed by atoms with Crippen molar-refractivity contribution in [1.29, 1.82) is 0 Å². The summed E-state index contributed by atoms with van der Waals surface area (Å²) in [5.74, 6) is 0.227. The minimum atomic E-state index is -0.634. The number of carbonyl (C=O) groups excluding carboxylic acids is 1. The number of rotatable bonds is 8. The normalized spacial score (nSPS) is 16.0. The molecule has 1 heterocycles. The lowest BCUT2D eigenvalue weighted by molar-refractivity contribution is -0.138. The molecule has 32 heavy (non-hydrogen) atoms. The molecule has 168 valence electrons. The zero-order valence-electron chi connectivity index (χ0n) is 18.1. The van der Waals surface area contributed by atoms with Crippen LogP contribution in [0.3, 0.4) is 0 Å². The molecule has 3 rings (SSSR count). The molecule has 6 nitrogen and oxygen atoms in total. The monoisotopic (exact) mass is 473 g/mol. The van der Waals surface area contributed by atoms with Gasteiger partial charge in [0.2, 0.25) is 0 Å². The zero-order valence-corrected chi connectivity index (χ0v) is 19.6. The number of thioether (sulfide) groups is 1. The molecule has 1 aliphatic heterocycles. The van der Waals surface area contributed by atoms with Crippen LogP contribution in [0.25, 0.3) is 6.08 Å². The van der Waals surface area contributed by atoms with E-state index in [1.165, 1.54) is 11.8 Å². The predicted octanol–water partition coefficient (Wildman–Crippen LogP) is 6.33. The Morgan fingerprint density at radius 3 is 2.41 bits per heavy atom. The fourth-order valence-corrected chi connectivity index (χ4v) is 4.22. The highest BCUT2D eigenvalue weighted by molar-refractivity contribution is 8.18. The minimum Gasteiger partial charge on any atom is -0.506 e. The van der Waals surface area contributed by atoms with E-state index in [1.54, 1.807) is 25.1 Å². The summed E-state index contributed by atoms with van der Waals surface area (Å²) in [6.07, 6.45) is 1.71. The Balaban J connectivity index is 2.08. The lowest BCUT2D eigenvalue weighted by atomic mass is 10.1. The van der Waals surface area contributed by atoms with Gasteiger partial charge in [-0.25, -0.2) is 9.79 Å². The molecule has 0 unspecified atom stereocenters. The largest absolute Gasteiger partial charge is 0.506 e. The first-order valence-electron chi connectivity index (χ1n) is 10.2. The first kappa shape index (κ1) is 23.8. The molecule has 0 aliphatic carbocycles. The van der Waals surface area contributed by atoms with E-state index in [2.05, 4.69) is 4.99 Å². The number of aliphatic imine (C=N–C) groups is 1. The summed E-state index contributed by atoms with van der Waals surface area (Å²) in [5.41, 5.74) is 1.32. The van der Waals surface area contributed by atoms with E-state index < -0.39 is 5.97 Å². The molecule has 0 atom stereocenters. The second-order valence-corrected chi connectivity index (χ2v) is 7.93. The Kier molecular flexibility index (Phi) is 8.25. The number of aliphatic hydroxyl groups is 1. The highest BCUT2D eigenvalue weighted by Crippen LogP contribution is 2.42. The smallest absolute Gasteiger partial charge is 0.344 e. The molecule has 0 amide bonds. The maximum Gasteiger partial charge on any atom is 0.344 e. The van der Waals surface area contributed by atoms with Gasteiger partial charge < -0.3 is 19.3 Å². The van der Waals surface area contributed by atoms with Crippen molar-refractivity contribution in [2.24, 2.45) is 4.99 Å². The van der Waals surface area contributed by atoms with Gasteiger partial charge in [-0.15, -0.1) is 0 Å².